The average molecular weight is 761 g/mol. The van der Waals surface area contributed by atoms with Crippen LogP contribution in [0.3, 0.4) is 0 Å². The first kappa shape index (κ1) is 49.6. The minimum absolute atomic E-state index is 0.120. The third kappa shape index (κ3) is 27.2. The first-order valence-corrected chi connectivity index (χ1v) is 21.0. The largest absolute Gasteiger partial charge is 0.457 e. The van der Waals surface area contributed by atoms with Gasteiger partial charge in [0.2, 0.25) is 0 Å². The first-order valence-electron chi connectivity index (χ1n) is 21.0. The Kier molecular flexibility index (Phi) is 33.4. The maximum atomic E-state index is 12.7. The molecule has 1 fully saturated rings. The Labute approximate surface area is 327 Å². The lowest BCUT2D eigenvalue weighted by Gasteiger charge is -2.39. The van der Waals surface area contributed by atoms with E-state index in [1.165, 1.54) is 12.8 Å². The summed E-state index contributed by atoms with van der Waals surface area (Å²) in [6.07, 6.45) is 39.3. The fourth-order valence-electron chi connectivity index (χ4n) is 5.79. The van der Waals surface area contributed by atoms with Crippen molar-refractivity contribution >= 4 is 5.97 Å². The smallest absolute Gasteiger partial charge is 0.306 e. The Morgan fingerprint density at radius 1 is 0.611 bits per heavy atom. The molecule has 54 heavy (non-hydrogen) atoms. The van der Waals surface area contributed by atoms with Crippen molar-refractivity contribution < 1.29 is 44.2 Å². The van der Waals surface area contributed by atoms with E-state index in [1.807, 2.05) is 0 Å². The second kappa shape index (κ2) is 36.3. The van der Waals surface area contributed by atoms with Gasteiger partial charge in [-0.3, -0.25) is 4.79 Å². The highest BCUT2D eigenvalue weighted by Gasteiger charge is 2.44. The number of hydrogen-bond donors (Lipinski definition) is 4. The summed E-state index contributed by atoms with van der Waals surface area (Å²) in [6.45, 7) is 4.31. The fourth-order valence-corrected chi connectivity index (χ4v) is 5.79. The molecule has 0 radical (unpaired) electrons. The number of allylic oxidation sites excluding steroid dienone is 12. The van der Waals surface area contributed by atoms with Crippen LogP contribution in [-0.2, 0) is 23.7 Å². The highest BCUT2D eigenvalue weighted by atomic mass is 16.7. The van der Waals surface area contributed by atoms with E-state index in [0.29, 0.717) is 13.0 Å². The van der Waals surface area contributed by atoms with Gasteiger partial charge < -0.3 is 39.4 Å². The monoisotopic (exact) mass is 761 g/mol. The van der Waals surface area contributed by atoms with Gasteiger partial charge in [0, 0.05) is 13.0 Å². The summed E-state index contributed by atoms with van der Waals surface area (Å²) in [5.74, 6) is -0.338. The van der Waals surface area contributed by atoms with Crippen LogP contribution in [0.4, 0.5) is 0 Å². The van der Waals surface area contributed by atoms with E-state index in [-0.39, 0.29) is 19.2 Å². The van der Waals surface area contributed by atoms with Crippen molar-refractivity contribution in [2.75, 3.05) is 26.4 Å². The number of unbranched alkanes of at least 4 members (excludes halogenated alkanes) is 11. The highest BCUT2D eigenvalue weighted by Crippen LogP contribution is 2.22. The average Bonchev–Trinajstić information content (AvgIpc) is 3.17. The molecule has 1 saturated heterocycles. The lowest BCUT2D eigenvalue weighted by molar-refractivity contribution is -0.305. The highest BCUT2D eigenvalue weighted by molar-refractivity contribution is 5.69. The molecule has 0 bridgehead atoms. The summed E-state index contributed by atoms with van der Waals surface area (Å²) in [5, 5.41) is 40.0. The van der Waals surface area contributed by atoms with Crippen molar-refractivity contribution in [3.05, 3.63) is 72.9 Å². The van der Waals surface area contributed by atoms with E-state index in [9.17, 15) is 25.2 Å². The number of hydrogen-bond acceptors (Lipinski definition) is 9. The number of aliphatic hydroxyl groups excluding tert-OH is 4. The van der Waals surface area contributed by atoms with Crippen LogP contribution in [0.1, 0.15) is 142 Å². The van der Waals surface area contributed by atoms with Crippen molar-refractivity contribution in [1.82, 2.24) is 0 Å². The lowest BCUT2D eigenvalue weighted by atomic mass is 9.99. The summed E-state index contributed by atoms with van der Waals surface area (Å²) >= 11 is 0. The SMILES string of the molecule is CC/C=C\C/C=C\C/C=C\C/C=C\C/C=C\CCCCCCOCC(COC1OC(CO)C(O)C(O)C1O)OC(=O)CCCCCCC/C=C\CCCC. The summed E-state index contributed by atoms with van der Waals surface area (Å²) in [5.41, 5.74) is 0. The van der Waals surface area contributed by atoms with Crippen LogP contribution in [0.25, 0.3) is 0 Å². The molecule has 310 valence electrons. The van der Waals surface area contributed by atoms with Gasteiger partial charge >= 0.3 is 5.97 Å². The van der Waals surface area contributed by atoms with Gasteiger partial charge in [0.1, 0.15) is 30.5 Å². The maximum absolute atomic E-state index is 12.7. The third-order valence-electron chi connectivity index (χ3n) is 9.11. The van der Waals surface area contributed by atoms with E-state index in [2.05, 4.69) is 86.8 Å². The standard InChI is InChI=1S/C45H76O9/c1-3-5-7-9-11-13-15-16-17-18-19-20-21-22-23-25-27-29-31-33-35-51-37-39(38-52-45-44(50)43(49)42(48)40(36-46)54-45)53-41(47)34-32-30-28-26-24-14-12-10-8-6-4-2/h5,7,10-13,16-17,19-20,22-23,39-40,42-46,48-50H,3-4,6,8-9,14-15,18,21,24-38H2,1-2H3/b7-5-,12-10-,13-11-,17-16-,20-19-,23-22-. The van der Waals surface area contributed by atoms with E-state index >= 15 is 0 Å². The van der Waals surface area contributed by atoms with Crippen molar-refractivity contribution in [2.24, 2.45) is 0 Å². The van der Waals surface area contributed by atoms with Crippen molar-refractivity contribution in [3.63, 3.8) is 0 Å². The van der Waals surface area contributed by atoms with Gasteiger partial charge in [-0.25, -0.2) is 0 Å². The Bertz CT molecular complexity index is 1050. The van der Waals surface area contributed by atoms with Gasteiger partial charge in [0.15, 0.2) is 6.29 Å². The molecule has 1 aliphatic rings. The fraction of sp³-hybridized carbons (Fsp3) is 0.711. The van der Waals surface area contributed by atoms with Crippen molar-refractivity contribution in [2.45, 2.75) is 179 Å². The molecule has 0 aromatic carbocycles. The molecule has 6 atom stereocenters. The summed E-state index contributed by atoms with van der Waals surface area (Å²) < 4.78 is 22.7. The van der Waals surface area contributed by atoms with E-state index in [1.54, 1.807) is 0 Å². The zero-order valence-electron chi connectivity index (χ0n) is 33.7. The molecule has 9 nitrogen and oxygen atoms in total. The molecule has 1 aliphatic heterocycles. The van der Waals surface area contributed by atoms with Gasteiger partial charge in [0.25, 0.3) is 0 Å². The normalized spacial score (nSPS) is 21.6. The van der Waals surface area contributed by atoms with Crippen molar-refractivity contribution in [1.29, 1.82) is 0 Å². The second-order valence-electron chi connectivity index (χ2n) is 14.0. The molecule has 1 heterocycles. The number of rotatable bonds is 34. The molecular formula is C45H76O9. The molecule has 0 spiro atoms. The second-order valence-corrected chi connectivity index (χ2v) is 14.0. The van der Waals surface area contributed by atoms with E-state index < -0.39 is 43.4 Å². The van der Waals surface area contributed by atoms with E-state index in [4.69, 9.17) is 18.9 Å². The minimum Gasteiger partial charge on any atom is -0.457 e. The van der Waals surface area contributed by atoms with Gasteiger partial charge in [0.05, 0.1) is 19.8 Å². The molecular weight excluding hydrogens is 684 g/mol. The van der Waals surface area contributed by atoms with Gasteiger partial charge in [-0.1, -0.05) is 132 Å². The first-order chi connectivity index (χ1) is 26.4. The lowest BCUT2D eigenvalue weighted by Crippen LogP contribution is -2.59. The molecule has 1 rings (SSSR count). The number of esters is 1. The molecule has 0 aromatic heterocycles. The van der Waals surface area contributed by atoms with Crippen LogP contribution in [0.15, 0.2) is 72.9 Å². The zero-order valence-corrected chi connectivity index (χ0v) is 33.7. The Hall–Kier alpha value is -2.37. The predicted octanol–water partition coefficient (Wildman–Crippen LogP) is 8.91. The van der Waals surface area contributed by atoms with Gasteiger partial charge in [-0.15, -0.1) is 0 Å². The van der Waals surface area contributed by atoms with Crippen LogP contribution in [0.2, 0.25) is 0 Å². The van der Waals surface area contributed by atoms with Crippen LogP contribution in [0, 0.1) is 0 Å². The number of carbonyl (C=O) groups is 1. The molecule has 0 aliphatic carbocycles. The Balaban J connectivity index is 2.31. The van der Waals surface area contributed by atoms with Crippen molar-refractivity contribution in [3.8, 4) is 0 Å². The van der Waals surface area contributed by atoms with Gasteiger partial charge in [-0.2, -0.15) is 0 Å². The summed E-state index contributed by atoms with van der Waals surface area (Å²) in [4.78, 5) is 12.7. The Morgan fingerprint density at radius 2 is 1.13 bits per heavy atom. The van der Waals surface area contributed by atoms with Crippen LogP contribution in [0.5, 0.6) is 0 Å². The van der Waals surface area contributed by atoms with Crippen LogP contribution < -0.4 is 0 Å². The predicted molar refractivity (Wildman–Crippen MR) is 219 cm³/mol. The van der Waals surface area contributed by atoms with Gasteiger partial charge in [-0.05, 0) is 77.0 Å². The molecule has 0 amide bonds. The third-order valence-corrected chi connectivity index (χ3v) is 9.11. The minimum atomic E-state index is -1.55. The molecule has 6 unspecified atom stereocenters. The maximum Gasteiger partial charge on any atom is 0.306 e. The summed E-state index contributed by atoms with van der Waals surface area (Å²) in [6, 6.07) is 0. The Morgan fingerprint density at radius 3 is 1.72 bits per heavy atom. The molecule has 0 saturated carbocycles. The molecule has 0 aromatic rings. The van der Waals surface area contributed by atoms with Crippen LogP contribution >= 0.6 is 0 Å². The van der Waals surface area contributed by atoms with E-state index in [0.717, 1.165) is 109 Å². The molecule has 9 heteroatoms. The zero-order chi connectivity index (χ0) is 39.3. The summed E-state index contributed by atoms with van der Waals surface area (Å²) in [7, 11) is 0. The number of carbonyl (C=O) groups excluding carboxylic acids is 1. The quantitative estimate of drug-likeness (QED) is 0.0288. The number of ether oxygens (including phenoxy) is 4. The van der Waals surface area contributed by atoms with Crippen LogP contribution in [-0.4, -0.2) is 89.6 Å². The topological polar surface area (TPSA) is 135 Å². The molecule has 4 N–H and O–H groups in total. The number of aliphatic hydroxyl groups is 4.